The number of thiazole rings is 1. The highest BCUT2D eigenvalue weighted by molar-refractivity contribution is 8.01. The second kappa shape index (κ2) is 10.3. The molecule has 11 nitrogen and oxygen atoms in total. The molecule has 0 radical (unpaired) electrons. The maximum absolute atomic E-state index is 12.2. The molecule has 3 aromatic carbocycles. The van der Waals surface area contributed by atoms with Gasteiger partial charge in [0, 0.05) is 36.2 Å². The molecule has 4 aromatic rings. The van der Waals surface area contributed by atoms with E-state index in [9.17, 15) is 30.1 Å². The summed E-state index contributed by atoms with van der Waals surface area (Å²) in [5.41, 5.74) is 1.37. The van der Waals surface area contributed by atoms with Crippen molar-refractivity contribution in [1.82, 2.24) is 4.98 Å². The Morgan fingerprint density at radius 2 is 1.83 bits per heavy atom. The molecular formula is C22H14N5O6S2-. The van der Waals surface area contributed by atoms with Crippen LogP contribution in [0.1, 0.15) is 5.56 Å². The van der Waals surface area contributed by atoms with Gasteiger partial charge in [-0.25, -0.2) is 4.98 Å². The van der Waals surface area contributed by atoms with Gasteiger partial charge in [0.2, 0.25) is 5.91 Å². The fraction of sp³-hybridized carbons (Fsp3) is 0.0455. The second-order valence-corrected chi connectivity index (χ2v) is 9.27. The standard InChI is InChI=1S/C22H15N5O6S2/c28-19-7-5-17(27(32)33)8-13(19)11-23-14-4-6-18-20(10-14)35-22(25-18)34-12-21(29)24-15-2-1-3-16(9-15)26(30)31/h1-11,28H,12H2,(H,24,29)/p-1. The molecule has 0 aliphatic carbocycles. The number of nitro benzene ring substituents is 2. The van der Waals surface area contributed by atoms with Gasteiger partial charge in [-0.3, -0.25) is 30.0 Å². The minimum absolute atomic E-state index is 0.0621. The number of aliphatic imine (C=N–C) groups is 1. The Balaban J connectivity index is 1.42. The number of thioether (sulfide) groups is 1. The topological polar surface area (TPSA) is 164 Å². The third-order valence-electron chi connectivity index (χ3n) is 4.58. The highest BCUT2D eigenvalue weighted by Gasteiger charge is 2.11. The van der Waals surface area contributed by atoms with Gasteiger partial charge < -0.3 is 10.4 Å². The van der Waals surface area contributed by atoms with Crippen LogP contribution in [0.15, 0.2) is 70.0 Å². The number of rotatable bonds is 8. The van der Waals surface area contributed by atoms with E-state index < -0.39 is 9.85 Å². The first kappa shape index (κ1) is 23.8. The molecule has 35 heavy (non-hydrogen) atoms. The predicted octanol–water partition coefficient (Wildman–Crippen LogP) is 4.67. The molecule has 1 aromatic heterocycles. The minimum atomic E-state index is -0.580. The molecule has 0 saturated heterocycles. The third kappa shape index (κ3) is 5.96. The number of anilines is 1. The zero-order valence-corrected chi connectivity index (χ0v) is 19.2. The van der Waals surface area contributed by atoms with Crippen molar-refractivity contribution < 1.29 is 19.7 Å². The summed E-state index contributed by atoms with van der Waals surface area (Å²) in [5.74, 6) is -0.641. The lowest BCUT2D eigenvalue weighted by Crippen LogP contribution is -2.13. The fourth-order valence-electron chi connectivity index (χ4n) is 2.95. The second-order valence-electron chi connectivity index (χ2n) is 7.01. The lowest BCUT2D eigenvalue weighted by molar-refractivity contribution is -0.385. The maximum Gasteiger partial charge on any atom is 0.271 e. The monoisotopic (exact) mass is 508 g/mol. The molecule has 1 amide bonds. The van der Waals surface area contributed by atoms with Crippen LogP contribution in [0.5, 0.6) is 5.75 Å². The Bertz CT molecular complexity index is 1490. The number of hydrogen-bond donors (Lipinski definition) is 1. The molecule has 0 fully saturated rings. The van der Waals surface area contributed by atoms with Crippen LogP contribution in [0.3, 0.4) is 0 Å². The quantitative estimate of drug-likeness (QED) is 0.155. The molecule has 1 N–H and O–H groups in total. The van der Waals surface area contributed by atoms with Crippen LogP contribution < -0.4 is 10.4 Å². The van der Waals surface area contributed by atoms with Gasteiger partial charge in [-0.1, -0.05) is 29.6 Å². The van der Waals surface area contributed by atoms with E-state index in [1.54, 1.807) is 24.3 Å². The maximum atomic E-state index is 12.2. The number of nitrogens with zero attached hydrogens (tertiary/aromatic N) is 4. The zero-order chi connectivity index (χ0) is 24.9. The number of hydrogen-bond acceptors (Lipinski definition) is 10. The molecular weight excluding hydrogens is 494 g/mol. The summed E-state index contributed by atoms with van der Waals surface area (Å²) in [5, 5.41) is 36.3. The lowest BCUT2D eigenvalue weighted by atomic mass is 10.2. The summed E-state index contributed by atoms with van der Waals surface area (Å²) in [6, 6.07) is 14.3. The molecule has 0 aliphatic heterocycles. The Hall–Kier alpha value is -4.36. The van der Waals surface area contributed by atoms with Gasteiger partial charge in [0.05, 0.1) is 31.5 Å². The molecule has 4 rings (SSSR count). The van der Waals surface area contributed by atoms with Gasteiger partial charge in [-0.2, -0.15) is 0 Å². The molecule has 0 aliphatic rings. The number of carbonyl (C=O) groups is 1. The van der Waals surface area contributed by atoms with Gasteiger partial charge in [0.15, 0.2) is 4.34 Å². The normalized spacial score (nSPS) is 11.1. The van der Waals surface area contributed by atoms with Crippen LogP contribution in [-0.2, 0) is 4.79 Å². The largest absolute Gasteiger partial charge is 0.872 e. The predicted molar refractivity (Wildman–Crippen MR) is 132 cm³/mol. The van der Waals surface area contributed by atoms with Crippen LogP contribution in [0.4, 0.5) is 22.7 Å². The number of nitrogens with one attached hydrogen (secondary N) is 1. The van der Waals surface area contributed by atoms with E-state index in [0.717, 1.165) is 16.8 Å². The SMILES string of the molecule is O=C(CSc1nc2ccc(N=Cc3cc([N+](=O)[O-])ccc3[O-])cc2s1)Nc1cccc([N+](=O)[O-])c1. The van der Waals surface area contributed by atoms with Crippen molar-refractivity contribution >= 4 is 68.2 Å². The minimum Gasteiger partial charge on any atom is -0.872 e. The van der Waals surface area contributed by atoms with Gasteiger partial charge >= 0.3 is 0 Å². The summed E-state index contributed by atoms with van der Waals surface area (Å²) in [6.45, 7) is 0. The van der Waals surface area contributed by atoms with Gasteiger partial charge in [0.1, 0.15) is 0 Å². The summed E-state index contributed by atoms with van der Waals surface area (Å²) in [4.78, 5) is 41.6. The highest BCUT2D eigenvalue weighted by atomic mass is 32.2. The molecule has 176 valence electrons. The molecule has 0 spiro atoms. The van der Waals surface area contributed by atoms with Crippen LogP contribution >= 0.6 is 23.1 Å². The Morgan fingerprint density at radius 1 is 1.06 bits per heavy atom. The first-order valence-corrected chi connectivity index (χ1v) is 11.7. The van der Waals surface area contributed by atoms with E-state index in [0.29, 0.717) is 21.2 Å². The Labute approximate surface area is 205 Å². The summed E-state index contributed by atoms with van der Waals surface area (Å²) in [6.07, 6.45) is 1.28. The average molecular weight is 509 g/mol. The lowest BCUT2D eigenvalue weighted by Gasteiger charge is -2.08. The van der Waals surface area contributed by atoms with E-state index in [2.05, 4.69) is 15.3 Å². The van der Waals surface area contributed by atoms with Crippen molar-refractivity contribution in [2.24, 2.45) is 4.99 Å². The molecule has 0 bridgehead atoms. The Kier molecular flexibility index (Phi) is 6.98. The van der Waals surface area contributed by atoms with E-state index in [-0.39, 0.29) is 34.3 Å². The van der Waals surface area contributed by atoms with Crippen molar-refractivity contribution in [3.63, 3.8) is 0 Å². The van der Waals surface area contributed by atoms with E-state index >= 15 is 0 Å². The van der Waals surface area contributed by atoms with Crippen molar-refractivity contribution in [3.05, 3.63) is 86.5 Å². The third-order valence-corrected chi connectivity index (χ3v) is 6.74. The van der Waals surface area contributed by atoms with Gasteiger partial charge in [0.25, 0.3) is 11.4 Å². The summed E-state index contributed by atoms with van der Waals surface area (Å²) >= 11 is 2.58. The number of carbonyl (C=O) groups excluding carboxylic acids is 1. The number of benzene rings is 3. The number of aromatic nitrogens is 1. The van der Waals surface area contributed by atoms with Gasteiger partial charge in [-0.15, -0.1) is 11.3 Å². The molecule has 1 heterocycles. The van der Waals surface area contributed by atoms with Crippen LogP contribution in [0, 0.1) is 20.2 Å². The van der Waals surface area contributed by atoms with Crippen LogP contribution in [0.25, 0.3) is 10.2 Å². The molecule has 13 heteroatoms. The number of non-ortho nitro benzene ring substituents is 2. The van der Waals surface area contributed by atoms with Crippen molar-refractivity contribution in [3.8, 4) is 5.75 Å². The smallest absolute Gasteiger partial charge is 0.271 e. The molecule has 0 saturated carbocycles. The fourth-order valence-corrected chi connectivity index (χ4v) is 4.85. The number of amides is 1. The summed E-state index contributed by atoms with van der Waals surface area (Å²) < 4.78 is 1.46. The first-order valence-electron chi connectivity index (χ1n) is 9.86. The van der Waals surface area contributed by atoms with Crippen molar-refractivity contribution in [1.29, 1.82) is 0 Å². The average Bonchev–Trinajstić information content (AvgIpc) is 3.24. The number of fused-ring (bicyclic) bond motifs is 1. The Morgan fingerprint density at radius 3 is 2.60 bits per heavy atom. The summed E-state index contributed by atoms with van der Waals surface area (Å²) in [7, 11) is 0. The van der Waals surface area contributed by atoms with Crippen LogP contribution in [0.2, 0.25) is 0 Å². The van der Waals surface area contributed by atoms with Crippen LogP contribution in [-0.4, -0.2) is 32.7 Å². The van der Waals surface area contributed by atoms with Gasteiger partial charge in [-0.05, 0) is 29.8 Å². The van der Waals surface area contributed by atoms with Crippen molar-refractivity contribution in [2.45, 2.75) is 4.34 Å². The first-order chi connectivity index (χ1) is 16.8. The van der Waals surface area contributed by atoms with E-state index in [1.807, 2.05) is 0 Å². The van der Waals surface area contributed by atoms with Crippen molar-refractivity contribution in [2.75, 3.05) is 11.1 Å². The van der Waals surface area contributed by atoms with E-state index in [1.165, 1.54) is 53.6 Å². The highest BCUT2D eigenvalue weighted by Crippen LogP contribution is 2.32. The number of nitro groups is 2. The molecule has 0 atom stereocenters. The zero-order valence-electron chi connectivity index (χ0n) is 17.6. The molecule has 0 unspecified atom stereocenters. The van der Waals surface area contributed by atoms with E-state index in [4.69, 9.17) is 0 Å².